The van der Waals surface area contributed by atoms with Crippen LogP contribution in [0.5, 0.6) is 0 Å². The second kappa shape index (κ2) is 6.23. The molecule has 3 nitrogen and oxygen atoms in total. The molecular formula is C17H27N3. The average Bonchev–Trinajstić information content (AvgIpc) is 3.27. The molecule has 2 aliphatic rings. The van der Waals surface area contributed by atoms with Gasteiger partial charge in [0, 0.05) is 31.4 Å². The van der Waals surface area contributed by atoms with E-state index in [0.29, 0.717) is 0 Å². The number of pyridine rings is 1. The molecule has 110 valence electrons. The summed E-state index contributed by atoms with van der Waals surface area (Å²) in [4.78, 5) is 6.94. The monoisotopic (exact) mass is 273 g/mol. The molecule has 1 heterocycles. The predicted molar refractivity (Wildman–Crippen MR) is 82.5 cm³/mol. The van der Waals surface area contributed by atoms with Crippen molar-refractivity contribution >= 4 is 0 Å². The molecule has 0 unspecified atom stereocenters. The van der Waals surface area contributed by atoms with Crippen LogP contribution >= 0.6 is 0 Å². The fraction of sp³-hybridized carbons (Fsp3) is 0.706. The number of hydrogen-bond acceptors (Lipinski definition) is 3. The Morgan fingerprint density at radius 1 is 1.25 bits per heavy atom. The van der Waals surface area contributed by atoms with E-state index in [1.54, 1.807) is 0 Å². The lowest BCUT2D eigenvalue weighted by molar-refractivity contribution is 0.302. The fourth-order valence-corrected chi connectivity index (χ4v) is 3.09. The molecule has 0 spiro atoms. The van der Waals surface area contributed by atoms with Crippen molar-refractivity contribution in [2.75, 3.05) is 20.1 Å². The zero-order valence-corrected chi connectivity index (χ0v) is 12.8. The lowest BCUT2D eigenvalue weighted by Gasteiger charge is -2.21. The molecule has 2 saturated carbocycles. The molecule has 0 radical (unpaired) electrons. The topological polar surface area (TPSA) is 28.2 Å². The predicted octanol–water partition coefficient (Wildman–Crippen LogP) is 2.60. The van der Waals surface area contributed by atoms with Crippen LogP contribution in [-0.4, -0.2) is 36.1 Å². The van der Waals surface area contributed by atoms with Gasteiger partial charge in [0.15, 0.2) is 0 Å². The van der Waals surface area contributed by atoms with Gasteiger partial charge in [0.1, 0.15) is 0 Å². The number of nitrogens with zero attached hydrogens (tertiary/aromatic N) is 2. The number of rotatable bonds is 8. The Labute approximate surface area is 122 Å². The molecule has 2 fully saturated rings. The lowest BCUT2D eigenvalue weighted by atomic mass is 10.1. The van der Waals surface area contributed by atoms with E-state index < -0.39 is 0 Å². The highest BCUT2D eigenvalue weighted by Crippen LogP contribution is 2.44. The van der Waals surface area contributed by atoms with Gasteiger partial charge in [-0.1, -0.05) is 6.07 Å². The number of nitrogens with one attached hydrogen (secondary N) is 1. The van der Waals surface area contributed by atoms with Crippen LogP contribution in [0.3, 0.4) is 0 Å². The molecule has 1 N–H and O–H groups in total. The van der Waals surface area contributed by atoms with Crippen LogP contribution < -0.4 is 5.32 Å². The maximum Gasteiger partial charge on any atom is 0.0547 e. The van der Waals surface area contributed by atoms with Gasteiger partial charge < -0.3 is 5.32 Å². The second-order valence-electron chi connectivity index (χ2n) is 6.66. The highest BCUT2D eigenvalue weighted by molar-refractivity contribution is 5.09. The van der Waals surface area contributed by atoms with Gasteiger partial charge in [-0.2, -0.15) is 0 Å². The van der Waals surface area contributed by atoms with E-state index in [0.717, 1.165) is 43.2 Å². The first-order valence-electron chi connectivity index (χ1n) is 8.07. The van der Waals surface area contributed by atoms with Gasteiger partial charge in [-0.25, -0.2) is 0 Å². The molecule has 0 aromatic carbocycles. The maximum atomic E-state index is 4.57. The SMILES string of the molecule is Cc1cccc(CN(C)CCNC(C2CC2)C2CC2)n1. The minimum absolute atomic E-state index is 0.820. The first-order chi connectivity index (χ1) is 9.72. The van der Waals surface area contributed by atoms with Crippen molar-refractivity contribution in [2.45, 2.75) is 45.2 Å². The van der Waals surface area contributed by atoms with Crippen molar-refractivity contribution in [1.29, 1.82) is 0 Å². The van der Waals surface area contributed by atoms with E-state index in [1.165, 1.54) is 31.4 Å². The Morgan fingerprint density at radius 3 is 2.55 bits per heavy atom. The first kappa shape index (κ1) is 14.0. The van der Waals surface area contributed by atoms with Gasteiger partial charge in [-0.3, -0.25) is 9.88 Å². The quantitative estimate of drug-likeness (QED) is 0.789. The summed E-state index contributed by atoms with van der Waals surface area (Å²) in [5.74, 6) is 1.98. The molecule has 0 atom stereocenters. The van der Waals surface area contributed by atoms with Crippen molar-refractivity contribution in [1.82, 2.24) is 15.2 Å². The Hall–Kier alpha value is -0.930. The summed E-state index contributed by atoms with van der Waals surface area (Å²) in [7, 11) is 2.19. The van der Waals surface area contributed by atoms with Crippen molar-refractivity contribution in [3.05, 3.63) is 29.6 Å². The van der Waals surface area contributed by atoms with Gasteiger partial charge >= 0.3 is 0 Å². The van der Waals surface area contributed by atoms with Crippen LogP contribution in [0.25, 0.3) is 0 Å². The number of likely N-dealkylation sites (N-methyl/N-ethyl adjacent to an activating group) is 1. The molecule has 0 amide bonds. The fourth-order valence-electron chi connectivity index (χ4n) is 3.09. The molecule has 1 aromatic rings. The highest BCUT2D eigenvalue weighted by atomic mass is 15.1. The van der Waals surface area contributed by atoms with Gasteiger partial charge in [0.05, 0.1) is 5.69 Å². The van der Waals surface area contributed by atoms with Gasteiger partial charge in [0.2, 0.25) is 0 Å². The van der Waals surface area contributed by atoms with E-state index in [2.05, 4.69) is 47.4 Å². The average molecular weight is 273 g/mol. The molecule has 2 aliphatic carbocycles. The van der Waals surface area contributed by atoms with E-state index in [1.807, 2.05) is 0 Å². The standard InChI is InChI=1S/C17H27N3/c1-13-4-3-5-16(19-13)12-20(2)11-10-18-17(14-6-7-14)15-8-9-15/h3-5,14-15,17-18H,6-12H2,1-2H3. The molecule has 20 heavy (non-hydrogen) atoms. The summed E-state index contributed by atoms with van der Waals surface area (Å²) in [6.45, 7) is 5.22. The van der Waals surface area contributed by atoms with Gasteiger partial charge in [-0.15, -0.1) is 0 Å². The van der Waals surface area contributed by atoms with Crippen LogP contribution in [-0.2, 0) is 6.54 Å². The molecule has 1 aromatic heterocycles. The normalized spacial score (nSPS) is 19.0. The summed E-state index contributed by atoms with van der Waals surface area (Å²) in [6, 6.07) is 7.09. The van der Waals surface area contributed by atoms with E-state index in [-0.39, 0.29) is 0 Å². The second-order valence-corrected chi connectivity index (χ2v) is 6.66. The van der Waals surface area contributed by atoms with Crippen molar-refractivity contribution in [3.63, 3.8) is 0 Å². The number of aromatic nitrogens is 1. The van der Waals surface area contributed by atoms with Crippen LogP contribution in [0.15, 0.2) is 18.2 Å². The summed E-state index contributed by atoms with van der Waals surface area (Å²) in [5.41, 5.74) is 2.28. The van der Waals surface area contributed by atoms with E-state index in [4.69, 9.17) is 0 Å². The minimum atomic E-state index is 0.820. The van der Waals surface area contributed by atoms with Crippen molar-refractivity contribution in [3.8, 4) is 0 Å². The summed E-state index contributed by atoms with van der Waals surface area (Å²) in [5, 5.41) is 3.81. The Kier molecular flexibility index (Phi) is 4.37. The Bertz CT molecular complexity index is 426. The number of hydrogen-bond donors (Lipinski definition) is 1. The maximum absolute atomic E-state index is 4.57. The highest BCUT2D eigenvalue weighted by Gasteiger charge is 2.40. The molecule has 0 bridgehead atoms. The third-order valence-electron chi connectivity index (χ3n) is 4.51. The molecular weight excluding hydrogens is 246 g/mol. The van der Waals surface area contributed by atoms with Crippen molar-refractivity contribution in [2.24, 2.45) is 11.8 Å². The van der Waals surface area contributed by atoms with E-state index >= 15 is 0 Å². The summed E-state index contributed by atoms with van der Waals surface area (Å²) >= 11 is 0. The molecule has 0 aliphatic heterocycles. The largest absolute Gasteiger partial charge is 0.312 e. The third-order valence-corrected chi connectivity index (χ3v) is 4.51. The van der Waals surface area contributed by atoms with Gasteiger partial charge in [0.25, 0.3) is 0 Å². The van der Waals surface area contributed by atoms with Crippen LogP contribution in [0.4, 0.5) is 0 Å². The Morgan fingerprint density at radius 2 is 1.95 bits per heavy atom. The smallest absolute Gasteiger partial charge is 0.0547 e. The lowest BCUT2D eigenvalue weighted by Crippen LogP contribution is -2.38. The minimum Gasteiger partial charge on any atom is -0.312 e. The van der Waals surface area contributed by atoms with Crippen LogP contribution in [0, 0.1) is 18.8 Å². The van der Waals surface area contributed by atoms with Crippen LogP contribution in [0.2, 0.25) is 0 Å². The van der Waals surface area contributed by atoms with Crippen LogP contribution in [0.1, 0.15) is 37.1 Å². The zero-order valence-electron chi connectivity index (χ0n) is 12.8. The van der Waals surface area contributed by atoms with E-state index in [9.17, 15) is 0 Å². The molecule has 3 heteroatoms. The number of aryl methyl sites for hydroxylation is 1. The summed E-state index contributed by atoms with van der Waals surface area (Å²) in [6.07, 6.45) is 5.82. The Balaban J connectivity index is 1.39. The third kappa shape index (κ3) is 4.03. The molecule has 0 saturated heterocycles. The first-order valence-corrected chi connectivity index (χ1v) is 8.07. The molecule has 3 rings (SSSR count). The van der Waals surface area contributed by atoms with Crippen molar-refractivity contribution < 1.29 is 0 Å². The zero-order chi connectivity index (χ0) is 13.9. The van der Waals surface area contributed by atoms with Gasteiger partial charge in [-0.05, 0) is 63.6 Å². The summed E-state index contributed by atoms with van der Waals surface area (Å²) < 4.78 is 0.